The fraction of sp³-hybridized carbons (Fsp3) is 0.500. The maximum Gasteiger partial charge on any atom is 0.227 e. The number of amides is 1. The van der Waals surface area contributed by atoms with E-state index in [4.69, 9.17) is 6.57 Å². The van der Waals surface area contributed by atoms with Gasteiger partial charge in [0, 0.05) is 12.0 Å². The Labute approximate surface area is 145 Å². The number of carbonyl (C=O) groups excluding carboxylic acids is 1. The molecule has 0 saturated heterocycles. The first-order chi connectivity index (χ1) is 11.3. The third-order valence-electron chi connectivity index (χ3n) is 3.53. The molecule has 1 heterocycles. The monoisotopic (exact) mass is 348 g/mol. The topological polar surface area (TPSA) is 51.3 Å². The molecule has 134 valence electrons. The van der Waals surface area contributed by atoms with Crippen molar-refractivity contribution in [3.05, 3.63) is 29.1 Å². The molecule has 5 nitrogen and oxygen atoms in total. The van der Waals surface area contributed by atoms with Crippen LogP contribution in [-0.2, 0) is 10.3 Å². The molecule has 0 spiro atoms. The van der Waals surface area contributed by atoms with Crippen LogP contribution in [0.25, 0.3) is 15.9 Å². The Morgan fingerprint density at radius 3 is 2.36 bits per heavy atom. The van der Waals surface area contributed by atoms with Crippen LogP contribution in [-0.4, -0.2) is 15.5 Å². The molecule has 0 saturated carbocycles. The molecule has 0 unspecified atom stereocenters. The van der Waals surface area contributed by atoms with E-state index in [1.165, 1.54) is 4.57 Å². The van der Waals surface area contributed by atoms with Gasteiger partial charge < -0.3 is 4.57 Å². The van der Waals surface area contributed by atoms with Crippen molar-refractivity contribution in [2.24, 2.45) is 5.41 Å². The first-order valence-corrected chi connectivity index (χ1v) is 7.93. The quantitative estimate of drug-likeness (QED) is 0.777. The minimum absolute atomic E-state index is 0.0664. The van der Waals surface area contributed by atoms with Crippen LogP contribution in [0.4, 0.5) is 20.4 Å². The van der Waals surface area contributed by atoms with Gasteiger partial charge in [0.15, 0.2) is 5.82 Å². The molecule has 0 aliphatic carbocycles. The van der Waals surface area contributed by atoms with E-state index in [2.05, 4.69) is 15.1 Å². The minimum Gasteiger partial charge on any atom is -0.303 e. The second-order valence-electron chi connectivity index (χ2n) is 8.23. The summed E-state index contributed by atoms with van der Waals surface area (Å²) in [5.74, 6) is -1.86. The van der Waals surface area contributed by atoms with Gasteiger partial charge in [0.1, 0.15) is 11.3 Å². The van der Waals surface area contributed by atoms with Gasteiger partial charge in [0.25, 0.3) is 0 Å². The average molecular weight is 348 g/mol. The lowest BCUT2D eigenvalue weighted by Crippen LogP contribution is -2.27. The predicted molar refractivity (Wildman–Crippen MR) is 93.6 cm³/mol. The molecule has 0 aliphatic heterocycles. The number of hydrogen-bond donors (Lipinski definition) is 1. The molecule has 1 aromatic carbocycles. The molecule has 1 aromatic heterocycles. The molecule has 2 aromatic rings. The molecular formula is C18H22F2N4O. The van der Waals surface area contributed by atoms with Crippen LogP contribution in [0.5, 0.6) is 0 Å². The molecule has 2 rings (SSSR count). The summed E-state index contributed by atoms with van der Waals surface area (Å²) in [6.07, 6.45) is 0.235. The molecule has 0 aliphatic rings. The van der Waals surface area contributed by atoms with Crippen molar-refractivity contribution in [1.82, 2.24) is 9.55 Å². The number of carbonyl (C=O) groups is 1. The predicted octanol–water partition coefficient (Wildman–Crippen LogP) is 4.99. The first kappa shape index (κ1) is 18.8. The highest BCUT2D eigenvalue weighted by Crippen LogP contribution is 2.35. The Kier molecular flexibility index (Phi) is 4.60. The Morgan fingerprint density at radius 1 is 1.28 bits per heavy atom. The SMILES string of the molecule is [C-]#[N+]c1cc(F)c2nc(NC(=O)CC(C)(C)C)n(C(C)(C)C)c2c1F. The zero-order valence-electron chi connectivity index (χ0n) is 15.3. The standard InChI is InChI=1S/C18H22F2N4O/c1-17(2,3)9-12(25)22-16-23-14-10(19)8-11(21-7)13(20)15(14)24(16)18(4,5)6/h8H,9H2,1-6H3,(H,22,23,25). The van der Waals surface area contributed by atoms with Crippen molar-refractivity contribution < 1.29 is 13.6 Å². The lowest BCUT2D eigenvalue weighted by atomic mass is 9.92. The summed E-state index contributed by atoms with van der Waals surface area (Å²) >= 11 is 0. The summed E-state index contributed by atoms with van der Waals surface area (Å²) in [4.78, 5) is 19.4. The third-order valence-corrected chi connectivity index (χ3v) is 3.53. The van der Waals surface area contributed by atoms with Crippen molar-refractivity contribution in [1.29, 1.82) is 0 Å². The summed E-state index contributed by atoms with van der Waals surface area (Å²) in [5, 5.41) is 2.66. The largest absolute Gasteiger partial charge is 0.303 e. The number of halogens is 2. The van der Waals surface area contributed by atoms with Gasteiger partial charge >= 0.3 is 0 Å². The van der Waals surface area contributed by atoms with Crippen LogP contribution in [0.1, 0.15) is 48.0 Å². The van der Waals surface area contributed by atoms with Crippen molar-refractivity contribution in [2.45, 2.75) is 53.5 Å². The van der Waals surface area contributed by atoms with Crippen LogP contribution in [0.2, 0.25) is 0 Å². The van der Waals surface area contributed by atoms with Crippen LogP contribution in [0, 0.1) is 23.6 Å². The number of rotatable bonds is 2. The molecule has 1 N–H and O–H groups in total. The maximum absolute atomic E-state index is 14.7. The highest BCUT2D eigenvalue weighted by molar-refractivity contribution is 5.93. The number of nitrogens with one attached hydrogen (secondary N) is 1. The van der Waals surface area contributed by atoms with Crippen LogP contribution >= 0.6 is 0 Å². The number of aromatic nitrogens is 2. The second kappa shape index (κ2) is 6.10. The molecule has 7 heteroatoms. The number of hydrogen-bond acceptors (Lipinski definition) is 2. The molecule has 0 radical (unpaired) electrons. The second-order valence-corrected chi connectivity index (χ2v) is 8.23. The highest BCUT2D eigenvalue weighted by Gasteiger charge is 2.28. The first-order valence-electron chi connectivity index (χ1n) is 7.93. The highest BCUT2D eigenvalue weighted by atomic mass is 19.1. The van der Waals surface area contributed by atoms with E-state index in [9.17, 15) is 13.6 Å². The normalized spacial score (nSPS) is 12.3. The zero-order chi connectivity index (χ0) is 19.2. The van der Waals surface area contributed by atoms with Crippen LogP contribution in [0.15, 0.2) is 6.07 Å². The van der Waals surface area contributed by atoms with Crippen molar-refractivity contribution in [3.63, 3.8) is 0 Å². The Bertz CT molecular complexity index is 880. The van der Waals surface area contributed by atoms with Gasteiger partial charge in [-0.25, -0.2) is 18.6 Å². The molecule has 1 amide bonds. The summed E-state index contributed by atoms with van der Waals surface area (Å²) in [6.45, 7) is 18.1. The van der Waals surface area contributed by atoms with Gasteiger partial charge in [0.2, 0.25) is 17.5 Å². The molecule has 0 bridgehead atoms. The zero-order valence-corrected chi connectivity index (χ0v) is 15.3. The van der Waals surface area contributed by atoms with Crippen molar-refractivity contribution in [2.75, 3.05) is 5.32 Å². The lowest BCUT2D eigenvalue weighted by molar-refractivity contribution is -0.117. The van der Waals surface area contributed by atoms with E-state index in [-0.39, 0.29) is 34.7 Å². The summed E-state index contributed by atoms with van der Waals surface area (Å²) in [6, 6.07) is 0.825. The molecular weight excluding hydrogens is 326 g/mol. The lowest BCUT2D eigenvalue weighted by Gasteiger charge is -2.25. The summed E-state index contributed by atoms with van der Waals surface area (Å²) < 4.78 is 30.4. The average Bonchev–Trinajstić information content (AvgIpc) is 2.80. The number of fused-ring (bicyclic) bond motifs is 1. The third kappa shape index (κ3) is 3.78. The summed E-state index contributed by atoms with van der Waals surface area (Å²) in [5.41, 5.74) is -1.66. The molecule has 25 heavy (non-hydrogen) atoms. The smallest absolute Gasteiger partial charge is 0.227 e. The number of anilines is 1. The number of imidazole rings is 1. The van der Waals surface area contributed by atoms with Gasteiger partial charge in [-0.1, -0.05) is 20.8 Å². The Morgan fingerprint density at radius 2 is 1.88 bits per heavy atom. The number of nitrogens with zero attached hydrogens (tertiary/aromatic N) is 3. The van der Waals surface area contributed by atoms with Gasteiger partial charge in [-0.05, 0) is 32.3 Å². The minimum atomic E-state index is -0.842. The fourth-order valence-corrected chi connectivity index (χ4v) is 2.63. The van der Waals surface area contributed by atoms with Gasteiger partial charge in [-0.2, -0.15) is 0 Å². The van der Waals surface area contributed by atoms with E-state index in [1.54, 1.807) is 20.8 Å². The Balaban J connectivity index is 2.69. The van der Waals surface area contributed by atoms with E-state index < -0.39 is 22.9 Å². The van der Waals surface area contributed by atoms with Gasteiger partial charge in [-0.15, -0.1) is 0 Å². The van der Waals surface area contributed by atoms with Crippen molar-refractivity contribution in [3.8, 4) is 0 Å². The van der Waals surface area contributed by atoms with Crippen molar-refractivity contribution >= 4 is 28.6 Å². The Hall–Kier alpha value is -2.49. The van der Waals surface area contributed by atoms with Crippen LogP contribution < -0.4 is 5.32 Å². The van der Waals surface area contributed by atoms with E-state index >= 15 is 0 Å². The van der Waals surface area contributed by atoms with E-state index in [0.717, 1.165) is 6.07 Å². The van der Waals surface area contributed by atoms with E-state index in [0.29, 0.717) is 0 Å². The van der Waals surface area contributed by atoms with Crippen LogP contribution in [0.3, 0.4) is 0 Å². The summed E-state index contributed by atoms with van der Waals surface area (Å²) in [7, 11) is 0. The fourth-order valence-electron chi connectivity index (χ4n) is 2.63. The molecule has 0 fully saturated rings. The molecule has 0 atom stereocenters. The number of benzene rings is 1. The van der Waals surface area contributed by atoms with Gasteiger partial charge in [-0.3, -0.25) is 10.1 Å². The van der Waals surface area contributed by atoms with E-state index in [1.807, 2.05) is 20.8 Å². The maximum atomic E-state index is 14.7. The van der Waals surface area contributed by atoms with Gasteiger partial charge in [0.05, 0.1) is 12.1 Å².